The van der Waals surface area contributed by atoms with Gasteiger partial charge >= 0.3 is 5.97 Å². The molecule has 0 saturated carbocycles. The molecule has 0 aliphatic rings. The normalized spacial score (nSPS) is 12.9. The minimum absolute atomic E-state index is 0.0421. The summed E-state index contributed by atoms with van der Waals surface area (Å²) >= 11 is 5.69. The average molecular weight is 436 g/mol. The van der Waals surface area contributed by atoms with Gasteiger partial charge < -0.3 is 10.2 Å². The zero-order valence-corrected chi connectivity index (χ0v) is 17.5. The number of benzene rings is 2. The minimum atomic E-state index is -1.20. The molecule has 3 rings (SSSR count). The molecule has 0 aliphatic carbocycles. The highest BCUT2D eigenvalue weighted by atomic mass is 35.5. The Labute approximate surface area is 176 Å². The van der Waals surface area contributed by atoms with Crippen molar-refractivity contribution in [1.29, 1.82) is 0 Å². The molecule has 1 atom stereocenters. The van der Waals surface area contributed by atoms with Gasteiger partial charge in [0.05, 0.1) is 16.5 Å². The minimum Gasteiger partial charge on any atom is -0.505 e. The fraction of sp³-hybridized carbons (Fsp3) is 0.273. The Balaban J connectivity index is 2.41. The van der Waals surface area contributed by atoms with Crippen molar-refractivity contribution >= 4 is 34.4 Å². The summed E-state index contributed by atoms with van der Waals surface area (Å²) in [5, 5.41) is 19.5. The van der Waals surface area contributed by atoms with Gasteiger partial charge in [-0.3, -0.25) is 14.2 Å². The molecule has 3 aromatic rings. The van der Waals surface area contributed by atoms with Gasteiger partial charge in [0.1, 0.15) is 5.82 Å². The smallest absolute Gasteiger partial charge is 0.311 e. The van der Waals surface area contributed by atoms with Crippen LogP contribution >= 0.6 is 11.6 Å². The molecule has 1 unspecified atom stereocenters. The van der Waals surface area contributed by atoms with Crippen LogP contribution in [-0.4, -0.2) is 26.7 Å². The van der Waals surface area contributed by atoms with Crippen LogP contribution in [0.1, 0.15) is 48.3 Å². The standard InChI is InChI=1S/C22H20ClF2NO4/c1-10-16(18(21(29)30)22(2,3)4)17-14(7-8-15(27)19(17)25)26(10)20(28)11-5-6-12(23)13(24)9-11/h5-9,18,27H,1-4H3,(H,29,30). The summed E-state index contributed by atoms with van der Waals surface area (Å²) in [6, 6.07) is 5.93. The van der Waals surface area contributed by atoms with Crippen LogP contribution in [0.2, 0.25) is 5.02 Å². The number of nitrogens with zero attached hydrogens (tertiary/aromatic N) is 1. The fourth-order valence-corrected chi connectivity index (χ4v) is 3.90. The molecule has 0 spiro atoms. The predicted octanol–water partition coefficient (Wildman–Crippen LogP) is 5.49. The van der Waals surface area contributed by atoms with E-state index in [0.29, 0.717) is 0 Å². The van der Waals surface area contributed by atoms with Crippen LogP contribution < -0.4 is 0 Å². The average Bonchev–Trinajstić information content (AvgIpc) is 2.91. The van der Waals surface area contributed by atoms with Crippen molar-refractivity contribution in [2.24, 2.45) is 5.41 Å². The SMILES string of the molecule is Cc1c(C(C(=O)O)C(C)(C)C)c2c(F)c(O)ccc2n1C(=O)c1ccc(Cl)c(F)c1. The van der Waals surface area contributed by atoms with E-state index in [0.717, 1.165) is 16.7 Å². The molecule has 0 fully saturated rings. The Morgan fingerprint density at radius 3 is 2.30 bits per heavy atom. The number of aliphatic carboxylic acids is 1. The number of carbonyl (C=O) groups is 2. The number of hydrogen-bond acceptors (Lipinski definition) is 3. The lowest BCUT2D eigenvalue weighted by atomic mass is 9.75. The highest BCUT2D eigenvalue weighted by Crippen LogP contribution is 2.44. The highest BCUT2D eigenvalue weighted by Gasteiger charge is 2.38. The fourth-order valence-electron chi connectivity index (χ4n) is 3.78. The van der Waals surface area contributed by atoms with Gasteiger partial charge in [-0.15, -0.1) is 0 Å². The maximum absolute atomic E-state index is 15.0. The van der Waals surface area contributed by atoms with E-state index in [1.54, 1.807) is 20.8 Å². The molecule has 158 valence electrons. The van der Waals surface area contributed by atoms with Gasteiger partial charge in [0, 0.05) is 16.6 Å². The number of aromatic hydroxyl groups is 1. The molecule has 0 aliphatic heterocycles. The first-order valence-electron chi connectivity index (χ1n) is 9.11. The summed E-state index contributed by atoms with van der Waals surface area (Å²) < 4.78 is 30.1. The van der Waals surface area contributed by atoms with E-state index >= 15 is 4.39 Å². The number of hydrogen-bond donors (Lipinski definition) is 2. The van der Waals surface area contributed by atoms with E-state index in [2.05, 4.69) is 0 Å². The maximum Gasteiger partial charge on any atom is 0.311 e. The summed E-state index contributed by atoms with van der Waals surface area (Å²) in [4.78, 5) is 25.3. The monoisotopic (exact) mass is 435 g/mol. The van der Waals surface area contributed by atoms with Crippen molar-refractivity contribution < 1.29 is 28.6 Å². The van der Waals surface area contributed by atoms with Gasteiger partial charge in [-0.25, -0.2) is 8.78 Å². The Bertz CT molecular complexity index is 1190. The maximum atomic E-state index is 15.0. The molecule has 1 aromatic heterocycles. The van der Waals surface area contributed by atoms with Crippen LogP contribution in [0.4, 0.5) is 8.78 Å². The first-order valence-corrected chi connectivity index (χ1v) is 9.49. The number of rotatable bonds is 3. The van der Waals surface area contributed by atoms with Crippen molar-refractivity contribution in [1.82, 2.24) is 4.57 Å². The number of carbonyl (C=O) groups excluding carboxylic acids is 1. The van der Waals surface area contributed by atoms with Crippen LogP contribution in [0.5, 0.6) is 5.75 Å². The van der Waals surface area contributed by atoms with E-state index in [1.807, 2.05) is 0 Å². The van der Waals surface area contributed by atoms with Crippen LogP contribution in [0.25, 0.3) is 10.9 Å². The third-order valence-electron chi connectivity index (χ3n) is 5.11. The number of aromatic nitrogens is 1. The lowest BCUT2D eigenvalue weighted by molar-refractivity contribution is -0.141. The second-order valence-corrected chi connectivity index (χ2v) is 8.61. The van der Waals surface area contributed by atoms with Gasteiger partial charge in [-0.1, -0.05) is 32.4 Å². The molecule has 0 saturated heterocycles. The number of phenolic OH excluding ortho intramolecular Hbond substituents is 1. The van der Waals surface area contributed by atoms with Crippen molar-refractivity contribution in [3.05, 3.63) is 63.8 Å². The first kappa shape index (κ1) is 21.8. The van der Waals surface area contributed by atoms with Crippen LogP contribution in [0.15, 0.2) is 30.3 Å². The van der Waals surface area contributed by atoms with Crippen molar-refractivity contribution in [3.63, 3.8) is 0 Å². The Morgan fingerprint density at radius 2 is 1.77 bits per heavy atom. The van der Waals surface area contributed by atoms with Crippen LogP contribution in [0, 0.1) is 24.0 Å². The van der Waals surface area contributed by atoms with Gasteiger partial charge in [0.25, 0.3) is 5.91 Å². The number of carboxylic acids is 1. The largest absolute Gasteiger partial charge is 0.505 e. The number of halogens is 3. The predicted molar refractivity (Wildman–Crippen MR) is 109 cm³/mol. The Hall–Kier alpha value is -2.93. The summed E-state index contributed by atoms with van der Waals surface area (Å²) in [5.41, 5.74) is -0.519. The lowest BCUT2D eigenvalue weighted by Gasteiger charge is -2.28. The molecule has 5 nitrogen and oxygen atoms in total. The number of carboxylic acid groups (broad SMARTS) is 1. The second-order valence-electron chi connectivity index (χ2n) is 8.20. The molecular formula is C22H20ClF2NO4. The topological polar surface area (TPSA) is 79.5 Å². The summed E-state index contributed by atoms with van der Waals surface area (Å²) in [6.45, 7) is 6.56. The summed E-state index contributed by atoms with van der Waals surface area (Å²) in [5.74, 6) is -5.52. The van der Waals surface area contributed by atoms with Crippen molar-refractivity contribution in [3.8, 4) is 5.75 Å². The zero-order valence-electron chi connectivity index (χ0n) is 16.8. The third kappa shape index (κ3) is 3.43. The Morgan fingerprint density at radius 1 is 1.13 bits per heavy atom. The second kappa shape index (κ2) is 7.40. The molecule has 2 N–H and O–H groups in total. The summed E-state index contributed by atoms with van der Waals surface area (Å²) in [6.07, 6.45) is 0. The molecule has 0 radical (unpaired) electrons. The molecule has 2 aromatic carbocycles. The van der Waals surface area contributed by atoms with Gasteiger partial charge in [-0.05, 0) is 48.2 Å². The van der Waals surface area contributed by atoms with E-state index in [-0.39, 0.29) is 32.7 Å². The lowest BCUT2D eigenvalue weighted by Crippen LogP contribution is -2.27. The third-order valence-corrected chi connectivity index (χ3v) is 5.41. The first-order chi connectivity index (χ1) is 13.9. The molecule has 0 amide bonds. The molecule has 8 heteroatoms. The Kier molecular flexibility index (Phi) is 5.37. The van der Waals surface area contributed by atoms with Crippen molar-refractivity contribution in [2.45, 2.75) is 33.6 Å². The van der Waals surface area contributed by atoms with Crippen LogP contribution in [-0.2, 0) is 4.79 Å². The van der Waals surface area contributed by atoms with E-state index < -0.39 is 40.6 Å². The number of phenols is 1. The van der Waals surface area contributed by atoms with Gasteiger partial charge in [0.2, 0.25) is 0 Å². The van der Waals surface area contributed by atoms with Gasteiger partial charge in [0.15, 0.2) is 11.6 Å². The molecule has 30 heavy (non-hydrogen) atoms. The zero-order chi connectivity index (χ0) is 22.5. The molecular weight excluding hydrogens is 416 g/mol. The van der Waals surface area contributed by atoms with E-state index in [1.165, 1.54) is 25.1 Å². The van der Waals surface area contributed by atoms with E-state index in [9.17, 15) is 24.2 Å². The van der Waals surface area contributed by atoms with E-state index in [4.69, 9.17) is 11.6 Å². The van der Waals surface area contributed by atoms with Gasteiger partial charge in [-0.2, -0.15) is 0 Å². The van der Waals surface area contributed by atoms with Crippen molar-refractivity contribution in [2.75, 3.05) is 0 Å². The molecule has 0 bridgehead atoms. The highest BCUT2D eigenvalue weighted by molar-refractivity contribution is 6.30. The quantitative estimate of drug-likeness (QED) is 0.570. The number of fused-ring (bicyclic) bond motifs is 1. The molecule has 1 heterocycles. The summed E-state index contributed by atoms with van der Waals surface area (Å²) in [7, 11) is 0. The van der Waals surface area contributed by atoms with Crippen LogP contribution in [0.3, 0.4) is 0 Å².